The van der Waals surface area contributed by atoms with Gasteiger partial charge in [-0.3, -0.25) is 4.90 Å². The van der Waals surface area contributed by atoms with Crippen LogP contribution >= 0.6 is 0 Å². The topological polar surface area (TPSA) is 18.5 Å². The highest BCUT2D eigenvalue weighted by Gasteiger charge is 2.19. The third-order valence-electron chi connectivity index (χ3n) is 4.59. The van der Waals surface area contributed by atoms with Gasteiger partial charge in [-0.1, -0.05) is 12.2 Å². The van der Waals surface area contributed by atoms with Gasteiger partial charge in [-0.25, -0.2) is 0 Å². The number of piperazine rings is 1. The summed E-state index contributed by atoms with van der Waals surface area (Å²) < 4.78 is 0. The lowest BCUT2D eigenvalue weighted by atomic mass is 9.93. The number of allylic oxidation sites excluding steroid dienone is 1. The predicted molar refractivity (Wildman–Crippen MR) is 82.5 cm³/mol. The van der Waals surface area contributed by atoms with Gasteiger partial charge in [0.25, 0.3) is 0 Å². The van der Waals surface area contributed by atoms with Crippen LogP contribution in [0.4, 0.5) is 0 Å². The lowest BCUT2D eigenvalue weighted by Crippen LogP contribution is -2.43. The van der Waals surface area contributed by atoms with Crippen molar-refractivity contribution < 1.29 is 0 Å². The molecule has 0 aromatic carbocycles. The van der Waals surface area contributed by atoms with Crippen LogP contribution in [0.3, 0.4) is 0 Å². The first-order valence-corrected chi connectivity index (χ1v) is 8.08. The summed E-state index contributed by atoms with van der Waals surface area (Å²) in [6, 6.07) is 0.726. The predicted octanol–water partition coefficient (Wildman–Crippen LogP) is 1.96. The number of likely N-dealkylation sites (tertiary alicyclic amines) is 1. The minimum Gasteiger partial charge on any atom is -0.314 e. The Morgan fingerprint density at radius 2 is 1.74 bits per heavy atom. The third kappa shape index (κ3) is 5.25. The molecule has 2 fully saturated rings. The van der Waals surface area contributed by atoms with Crippen molar-refractivity contribution in [2.75, 3.05) is 45.8 Å². The van der Waals surface area contributed by atoms with Crippen LogP contribution in [0.1, 0.15) is 33.1 Å². The second-order valence-electron chi connectivity index (χ2n) is 6.33. The lowest BCUT2D eigenvalue weighted by Gasteiger charge is -2.34. The summed E-state index contributed by atoms with van der Waals surface area (Å²) in [7, 11) is 0. The minimum absolute atomic E-state index is 0.726. The van der Waals surface area contributed by atoms with Crippen molar-refractivity contribution in [3.8, 4) is 0 Å². The van der Waals surface area contributed by atoms with Gasteiger partial charge >= 0.3 is 0 Å². The standard InChI is InChI=1S/C16H31N3/c1-15(2)19-11-6-16(7-12-19)5-3-4-10-18-13-8-17-9-14-18/h3-4,15-17H,5-14H2,1-2H3/b4-3-. The Morgan fingerprint density at radius 3 is 2.37 bits per heavy atom. The lowest BCUT2D eigenvalue weighted by molar-refractivity contribution is 0.150. The molecule has 3 nitrogen and oxygen atoms in total. The first-order chi connectivity index (χ1) is 9.25. The Kier molecular flexibility index (Phi) is 6.35. The molecule has 19 heavy (non-hydrogen) atoms. The Bertz CT molecular complexity index is 261. The van der Waals surface area contributed by atoms with Crippen LogP contribution in [0.5, 0.6) is 0 Å². The molecule has 0 aliphatic carbocycles. The Hall–Kier alpha value is -0.380. The van der Waals surface area contributed by atoms with Crippen LogP contribution in [0, 0.1) is 5.92 Å². The van der Waals surface area contributed by atoms with E-state index in [-0.39, 0.29) is 0 Å². The number of piperidine rings is 1. The van der Waals surface area contributed by atoms with Gasteiger partial charge in [0.05, 0.1) is 0 Å². The molecule has 2 heterocycles. The van der Waals surface area contributed by atoms with Crippen LogP contribution in [0.2, 0.25) is 0 Å². The number of hydrogen-bond acceptors (Lipinski definition) is 3. The van der Waals surface area contributed by atoms with Gasteiger partial charge in [0.1, 0.15) is 0 Å². The average Bonchev–Trinajstić information content (AvgIpc) is 2.45. The summed E-state index contributed by atoms with van der Waals surface area (Å²) in [6.45, 7) is 13.1. The zero-order chi connectivity index (χ0) is 13.5. The van der Waals surface area contributed by atoms with Crippen molar-refractivity contribution in [3.05, 3.63) is 12.2 Å². The number of rotatable bonds is 5. The normalized spacial score (nSPS) is 24.6. The fraction of sp³-hybridized carbons (Fsp3) is 0.875. The second kappa shape index (κ2) is 8.03. The maximum atomic E-state index is 3.40. The molecule has 2 aliphatic rings. The summed E-state index contributed by atoms with van der Waals surface area (Å²) in [5.41, 5.74) is 0. The highest BCUT2D eigenvalue weighted by atomic mass is 15.2. The average molecular weight is 265 g/mol. The van der Waals surface area contributed by atoms with Crippen molar-refractivity contribution in [2.24, 2.45) is 5.92 Å². The molecule has 2 saturated heterocycles. The zero-order valence-electron chi connectivity index (χ0n) is 12.8. The van der Waals surface area contributed by atoms with Crippen molar-refractivity contribution in [3.63, 3.8) is 0 Å². The van der Waals surface area contributed by atoms with Gasteiger partial charge in [-0.05, 0) is 52.1 Å². The van der Waals surface area contributed by atoms with Gasteiger partial charge in [-0.15, -0.1) is 0 Å². The molecule has 0 saturated carbocycles. The molecule has 0 aromatic heterocycles. The van der Waals surface area contributed by atoms with E-state index in [4.69, 9.17) is 0 Å². The SMILES string of the molecule is CC(C)N1CCC(C/C=C\CN2CCNCC2)CC1. The molecular formula is C16H31N3. The molecule has 0 atom stereocenters. The third-order valence-corrected chi connectivity index (χ3v) is 4.59. The zero-order valence-corrected chi connectivity index (χ0v) is 12.8. The molecule has 1 N–H and O–H groups in total. The largest absolute Gasteiger partial charge is 0.314 e. The van der Waals surface area contributed by atoms with E-state index in [2.05, 4.69) is 41.1 Å². The molecule has 0 unspecified atom stereocenters. The monoisotopic (exact) mass is 265 g/mol. The van der Waals surface area contributed by atoms with Gasteiger partial charge in [0.15, 0.2) is 0 Å². The fourth-order valence-corrected chi connectivity index (χ4v) is 3.11. The van der Waals surface area contributed by atoms with Crippen LogP contribution in [0.25, 0.3) is 0 Å². The van der Waals surface area contributed by atoms with E-state index in [1.54, 1.807) is 0 Å². The second-order valence-corrected chi connectivity index (χ2v) is 6.33. The number of hydrogen-bond donors (Lipinski definition) is 1. The molecular weight excluding hydrogens is 234 g/mol. The van der Waals surface area contributed by atoms with Crippen LogP contribution in [-0.4, -0.2) is 61.7 Å². The molecule has 0 aromatic rings. The number of nitrogens with one attached hydrogen (secondary N) is 1. The van der Waals surface area contributed by atoms with E-state index in [1.165, 1.54) is 45.4 Å². The van der Waals surface area contributed by atoms with Gasteiger partial charge in [0.2, 0.25) is 0 Å². The van der Waals surface area contributed by atoms with Gasteiger partial charge in [-0.2, -0.15) is 0 Å². The minimum atomic E-state index is 0.726. The smallest absolute Gasteiger partial charge is 0.0164 e. The maximum Gasteiger partial charge on any atom is 0.0164 e. The van der Waals surface area contributed by atoms with Crippen LogP contribution in [0.15, 0.2) is 12.2 Å². The first kappa shape index (κ1) is 15.0. The summed E-state index contributed by atoms with van der Waals surface area (Å²) in [5, 5.41) is 3.40. The Morgan fingerprint density at radius 1 is 1.05 bits per heavy atom. The van der Waals surface area contributed by atoms with E-state index in [0.717, 1.165) is 31.6 Å². The van der Waals surface area contributed by atoms with Crippen molar-refractivity contribution in [2.45, 2.75) is 39.2 Å². The fourth-order valence-electron chi connectivity index (χ4n) is 3.11. The molecule has 2 rings (SSSR count). The molecule has 0 amide bonds. The summed E-state index contributed by atoms with van der Waals surface area (Å²) in [6.07, 6.45) is 8.88. The molecule has 2 aliphatic heterocycles. The summed E-state index contributed by atoms with van der Waals surface area (Å²) >= 11 is 0. The van der Waals surface area contributed by atoms with Gasteiger partial charge < -0.3 is 10.2 Å². The quantitative estimate of drug-likeness (QED) is 0.767. The molecule has 0 bridgehead atoms. The number of nitrogens with zero attached hydrogens (tertiary/aromatic N) is 2. The Labute approximate surface area is 119 Å². The summed E-state index contributed by atoms with van der Waals surface area (Å²) in [5.74, 6) is 0.925. The van der Waals surface area contributed by atoms with Crippen molar-refractivity contribution >= 4 is 0 Å². The highest BCUT2D eigenvalue weighted by Crippen LogP contribution is 2.22. The highest BCUT2D eigenvalue weighted by molar-refractivity contribution is 4.89. The van der Waals surface area contributed by atoms with E-state index in [9.17, 15) is 0 Å². The van der Waals surface area contributed by atoms with Crippen LogP contribution < -0.4 is 5.32 Å². The molecule has 3 heteroatoms. The van der Waals surface area contributed by atoms with Crippen molar-refractivity contribution in [1.82, 2.24) is 15.1 Å². The first-order valence-electron chi connectivity index (χ1n) is 8.08. The summed E-state index contributed by atoms with van der Waals surface area (Å²) in [4.78, 5) is 5.15. The van der Waals surface area contributed by atoms with E-state index in [1.807, 2.05) is 0 Å². The Balaban J connectivity index is 1.58. The maximum absolute atomic E-state index is 3.40. The van der Waals surface area contributed by atoms with E-state index in [0.29, 0.717) is 0 Å². The molecule has 0 spiro atoms. The van der Waals surface area contributed by atoms with Crippen molar-refractivity contribution in [1.29, 1.82) is 0 Å². The van der Waals surface area contributed by atoms with Crippen LogP contribution in [-0.2, 0) is 0 Å². The van der Waals surface area contributed by atoms with Gasteiger partial charge in [0, 0.05) is 38.8 Å². The molecule has 110 valence electrons. The van der Waals surface area contributed by atoms with E-state index < -0.39 is 0 Å². The van der Waals surface area contributed by atoms with E-state index >= 15 is 0 Å². The molecule has 0 radical (unpaired) electrons.